The van der Waals surface area contributed by atoms with Gasteiger partial charge >= 0.3 is 11.8 Å². The number of piperidine rings is 1. The van der Waals surface area contributed by atoms with Gasteiger partial charge in [0.2, 0.25) is 0 Å². The van der Waals surface area contributed by atoms with E-state index in [4.69, 9.17) is 0 Å². The van der Waals surface area contributed by atoms with Crippen molar-refractivity contribution >= 4 is 23.4 Å². The third-order valence-electron chi connectivity index (χ3n) is 5.90. The zero-order valence-corrected chi connectivity index (χ0v) is 17.3. The molecule has 2 aromatic rings. The molecule has 0 spiro atoms. The maximum atomic E-state index is 12.7. The van der Waals surface area contributed by atoms with Crippen LogP contribution < -0.4 is 4.90 Å². The number of hydrogen-bond donors (Lipinski definition) is 0. The summed E-state index contributed by atoms with van der Waals surface area (Å²) < 4.78 is 0. The molecule has 0 bridgehead atoms. The molecule has 2 heterocycles. The molecule has 1 atom stereocenters. The van der Waals surface area contributed by atoms with Crippen LogP contribution in [-0.4, -0.2) is 53.7 Å². The number of carbonyl (C=O) groups is 3. The highest BCUT2D eigenvalue weighted by atomic mass is 16.2. The van der Waals surface area contributed by atoms with Crippen LogP contribution in [0.3, 0.4) is 0 Å². The van der Waals surface area contributed by atoms with Gasteiger partial charge in [0, 0.05) is 44.0 Å². The molecule has 2 fully saturated rings. The molecule has 2 aromatic carbocycles. The molecular weight excluding hydrogens is 378 g/mol. The molecule has 2 aliphatic rings. The molecule has 6 heteroatoms. The molecule has 30 heavy (non-hydrogen) atoms. The van der Waals surface area contributed by atoms with Gasteiger partial charge in [-0.15, -0.1) is 0 Å². The average Bonchev–Trinajstić information content (AvgIpc) is 2.78. The van der Waals surface area contributed by atoms with E-state index in [-0.39, 0.29) is 5.91 Å². The number of benzene rings is 2. The van der Waals surface area contributed by atoms with Gasteiger partial charge in [0.05, 0.1) is 0 Å². The van der Waals surface area contributed by atoms with E-state index in [2.05, 4.69) is 6.92 Å². The number of nitrogens with zero attached hydrogens (tertiary/aromatic N) is 3. The van der Waals surface area contributed by atoms with Crippen molar-refractivity contribution < 1.29 is 14.4 Å². The quantitative estimate of drug-likeness (QED) is 0.735. The van der Waals surface area contributed by atoms with E-state index in [0.717, 1.165) is 30.8 Å². The minimum Gasteiger partial charge on any atom is -0.338 e. The van der Waals surface area contributed by atoms with E-state index in [1.165, 1.54) is 11.3 Å². The molecule has 156 valence electrons. The molecule has 6 nitrogen and oxygen atoms in total. The highest BCUT2D eigenvalue weighted by molar-refractivity contribution is 6.40. The molecule has 0 aromatic heterocycles. The van der Waals surface area contributed by atoms with E-state index in [1.54, 1.807) is 4.90 Å². The lowest BCUT2D eigenvalue weighted by Gasteiger charge is -2.34. The second-order valence-electron chi connectivity index (χ2n) is 8.21. The lowest BCUT2D eigenvalue weighted by Crippen LogP contribution is -2.54. The van der Waals surface area contributed by atoms with Crippen LogP contribution in [-0.2, 0) is 16.1 Å². The van der Waals surface area contributed by atoms with Gasteiger partial charge in [0.25, 0.3) is 5.91 Å². The second-order valence-corrected chi connectivity index (χ2v) is 8.21. The van der Waals surface area contributed by atoms with Gasteiger partial charge in [-0.05, 0) is 48.6 Å². The molecule has 0 aliphatic carbocycles. The van der Waals surface area contributed by atoms with Crippen molar-refractivity contribution in [2.24, 2.45) is 5.92 Å². The summed E-state index contributed by atoms with van der Waals surface area (Å²) in [5.41, 5.74) is 2.32. The predicted octanol–water partition coefficient (Wildman–Crippen LogP) is 2.93. The van der Waals surface area contributed by atoms with Crippen molar-refractivity contribution in [2.45, 2.75) is 26.3 Å². The Labute approximate surface area is 177 Å². The number of amides is 3. The van der Waals surface area contributed by atoms with E-state index in [0.29, 0.717) is 31.1 Å². The summed E-state index contributed by atoms with van der Waals surface area (Å²) >= 11 is 0. The highest BCUT2D eigenvalue weighted by Crippen LogP contribution is 2.20. The normalized spacial score (nSPS) is 19.9. The first-order valence-electron chi connectivity index (χ1n) is 10.6. The average molecular weight is 405 g/mol. The van der Waals surface area contributed by atoms with E-state index < -0.39 is 11.8 Å². The first-order valence-corrected chi connectivity index (χ1v) is 10.6. The molecule has 0 saturated carbocycles. The maximum absolute atomic E-state index is 12.7. The third kappa shape index (κ3) is 4.22. The maximum Gasteiger partial charge on any atom is 0.316 e. The minimum atomic E-state index is -0.501. The zero-order valence-electron chi connectivity index (χ0n) is 17.3. The SMILES string of the molecule is CC1CCCN(C(=O)c2ccc(CN3CCN(c4ccccc4)C(=O)C3=O)cc2)C1. The number of carbonyl (C=O) groups excluding carboxylic acids is 3. The Bertz CT molecular complexity index is 926. The Balaban J connectivity index is 1.38. The topological polar surface area (TPSA) is 60.9 Å². The number of anilines is 1. The van der Waals surface area contributed by atoms with Crippen molar-refractivity contribution in [3.05, 3.63) is 65.7 Å². The fourth-order valence-corrected chi connectivity index (χ4v) is 4.21. The summed E-state index contributed by atoms with van der Waals surface area (Å²) in [4.78, 5) is 42.9. The number of piperazine rings is 1. The lowest BCUT2D eigenvalue weighted by atomic mass is 9.99. The second kappa shape index (κ2) is 8.69. The summed E-state index contributed by atoms with van der Waals surface area (Å²) in [5, 5.41) is 0. The molecule has 1 unspecified atom stereocenters. The van der Waals surface area contributed by atoms with E-state index >= 15 is 0 Å². The van der Waals surface area contributed by atoms with Gasteiger partial charge in [-0.2, -0.15) is 0 Å². The van der Waals surface area contributed by atoms with Crippen LogP contribution in [0.4, 0.5) is 5.69 Å². The summed E-state index contributed by atoms with van der Waals surface area (Å²) in [6.07, 6.45) is 2.23. The molecule has 4 rings (SSSR count). The van der Waals surface area contributed by atoms with Crippen LogP contribution in [0.25, 0.3) is 0 Å². The molecular formula is C24H27N3O3. The van der Waals surface area contributed by atoms with Crippen molar-refractivity contribution in [1.82, 2.24) is 9.80 Å². The first-order chi connectivity index (χ1) is 14.5. The summed E-state index contributed by atoms with van der Waals surface area (Å²) in [5.74, 6) is -0.387. The van der Waals surface area contributed by atoms with E-state index in [9.17, 15) is 14.4 Å². The van der Waals surface area contributed by atoms with Gasteiger partial charge in [-0.1, -0.05) is 37.3 Å². The molecule has 0 radical (unpaired) electrons. The predicted molar refractivity (Wildman–Crippen MR) is 115 cm³/mol. The van der Waals surface area contributed by atoms with Crippen molar-refractivity contribution in [3.63, 3.8) is 0 Å². The third-order valence-corrected chi connectivity index (χ3v) is 5.90. The Morgan fingerprint density at radius 3 is 2.37 bits per heavy atom. The molecule has 0 N–H and O–H groups in total. The number of hydrogen-bond acceptors (Lipinski definition) is 3. The van der Waals surface area contributed by atoms with Gasteiger partial charge in [0.1, 0.15) is 0 Å². The summed E-state index contributed by atoms with van der Waals surface area (Å²) in [6.45, 7) is 5.11. The lowest BCUT2D eigenvalue weighted by molar-refractivity contribution is -0.146. The van der Waals surface area contributed by atoms with Crippen LogP contribution in [0.1, 0.15) is 35.7 Å². The fourth-order valence-electron chi connectivity index (χ4n) is 4.21. The van der Waals surface area contributed by atoms with Gasteiger partial charge in [-0.3, -0.25) is 14.4 Å². The van der Waals surface area contributed by atoms with Crippen LogP contribution in [0.15, 0.2) is 54.6 Å². The van der Waals surface area contributed by atoms with Crippen molar-refractivity contribution in [2.75, 3.05) is 31.1 Å². The van der Waals surface area contributed by atoms with Crippen LogP contribution in [0, 0.1) is 5.92 Å². The smallest absolute Gasteiger partial charge is 0.316 e. The molecule has 3 amide bonds. The fraction of sp³-hybridized carbons (Fsp3) is 0.375. The van der Waals surface area contributed by atoms with Crippen LogP contribution in [0.5, 0.6) is 0 Å². The Hall–Kier alpha value is -3.15. The molecule has 2 aliphatic heterocycles. The van der Waals surface area contributed by atoms with Crippen molar-refractivity contribution in [3.8, 4) is 0 Å². The number of rotatable bonds is 4. The van der Waals surface area contributed by atoms with Gasteiger partial charge < -0.3 is 14.7 Å². The zero-order chi connectivity index (χ0) is 21.1. The monoisotopic (exact) mass is 405 g/mol. The standard InChI is InChI=1S/C24H27N3O3/c1-18-6-5-13-25(16-18)22(28)20-11-9-19(10-12-20)17-26-14-15-27(24(30)23(26)29)21-7-3-2-4-8-21/h2-4,7-12,18H,5-6,13-17H2,1H3. The van der Waals surface area contributed by atoms with Crippen molar-refractivity contribution in [1.29, 1.82) is 0 Å². The van der Waals surface area contributed by atoms with E-state index in [1.807, 2.05) is 59.5 Å². The highest BCUT2D eigenvalue weighted by Gasteiger charge is 2.33. The number of para-hydroxylation sites is 1. The number of likely N-dealkylation sites (tertiary alicyclic amines) is 1. The molecule has 2 saturated heterocycles. The Kier molecular flexibility index (Phi) is 5.84. The van der Waals surface area contributed by atoms with Gasteiger partial charge in [0.15, 0.2) is 0 Å². The van der Waals surface area contributed by atoms with Crippen LogP contribution >= 0.6 is 0 Å². The Morgan fingerprint density at radius 1 is 0.933 bits per heavy atom. The van der Waals surface area contributed by atoms with Crippen LogP contribution in [0.2, 0.25) is 0 Å². The van der Waals surface area contributed by atoms with Gasteiger partial charge in [-0.25, -0.2) is 0 Å². The Morgan fingerprint density at radius 2 is 1.67 bits per heavy atom. The largest absolute Gasteiger partial charge is 0.338 e. The summed E-state index contributed by atoms with van der Waals surface area (Å²) in [7, 11) is 0. The first kappa shape index (κ1) is 20.1. The minimum absolute atomic E-state index is 0.0656. The summed E-state index contributed by atoms with van der Waals surface area (Å²) in [6, 6.07) is 16.7.